The van der Waals surface area contributed by atoms with Gasteiger partial charge in [0.25, 0.3) is 11.2 Å². The normalized spacial score (nSPS) is 11.0. The lowest BCUT2D eigenvalue weighted by atomic mass is 10.1. The molecule has 0 atom stereocenters. The molecule has 0 unspecified atom stereocenters. The lowest BCUT2D eigenvalue weighted by molar-refractivity contribution is -0.384. The van der Waals surface area contributed by atoms with Crippen molar-refractivity contribution in [2.75, 3.05) is 0 Å². The Balaban J connectivity index is 1.98. The van der Waals surface area contributed by atoms with E-state index in [0.717, 1.165) is 16.8 Å². The number of aromatic amines is 1. The molecule has 0 saturated carbocycles. The molecule has 2 heterocycles. The van der Waals surface area contributed by atoms with Crippen LogP contribution in [0.1, 0.15) is 5.69 Å². The number of nitro benzene ring substituents is 1. The maximum Gasteiger partial charge on any atom is 0.273 e. The van der Waals surface area contributed by atoms with Crippen molar-refractivity contribution in [3.05, 3.63) is 86.8 Å². The van der Waals surface area contributed by atoms with Gasteiger partial charge in [0.15, 0.2) is 5.65 Å². The van der Waals surface area contributed by atoms with Crippen LogP contribution in [0.2, 0.25) is 0 Å². The highest BCUT2D eigenvalue weighted by molar-refractivity contribution is 5.81. The van der Waals surface area contributed by atoms with Gasteiger partial charge in [-0.25, -0.2) is 9.50 Å². The highest BCUT2D eigenvalue weighted by Crippen LogP contribution is 2.28. The highest BCUT2D eigenvalue weighted by atomic mass is 16.6. The number of hydrogen-bond donors (Lipinski definition) is 1. The molecule has 0 fully saturated rings. The highest BCUT2D eigenvalue weighted by Gasteiger charge is 2.16. The van der Waals surface area contributed by atoms with Crippen LogP contribution in [0.4, 0.5) is 5.69 Å². The fourth-order valence-corrected chi connectivity index (χ4v) is 3.03. The summed E-state index contributed by atoms with van der Waals surface area (Å²) in [6.07, 6.45) is 0. The summed E-state index contributed by atoms with van der Waals surface area (Å²) in [6.45, 7) is 1.88. The van der Waals surface area contributed by atoms with Crippen LogP contribution in [-0.4, -0.2) is 19.5 Å². The molecule has 7 nitrogen and oxygen atoms in total. The molecule has 26 heavy (non-hydrogen) atoms. The smallest absolute Gasteiger partial charge is 0.273 e. The van der Waals surface area contributed by atoms with Crippen LogP contribution in [0.3, 0.4) is 0 Å². The molecule has 0 bridgehead atoms. The van der Waals surface area contributed by atoms with Crippen molar-refractivity contribution in [2.45, 2.75) is 6.92 Å². The van der Waals surface area contributed by atoms with E-state index in [1.54, 1.807) is 12.1 Å². The van der Waals surface area contributed by atoms with E-state index in [1.807, 2.05) is 37.3 Å². The molecule has 0 saturated heterocycles. The van der Waals surface area contributed by atoms with E-state index in [4.69, 9.17) is 0 Å². The van der Waals surface area contributed by atoms with Crippen LogP contribution < -0.4 is 5.56 Å². The Morgan fingerprint density at radius 2 is 1.77 bits per heavy atom. The zero-order valence-electron chi connectivity index (χ0n) is 13.8. The van der Waals surface area contributed by atoms with Crippen molar-refractivity contribution >= 4 is 11.3 Å². The summed E-state index contributed by atoms with van der Waals surface area (Å²) in [5.74, 6) is 0. The number of nitro groups is 1. The first-order valence-electron chi connectivity index (χ1n) is 7.97. The Bertz CT molecular complexity index is 1190. The number of non-ortho nitro benzene ring substituents is 1. The van der Waals surface area contributed by atoms with Gasteiger partial charge in [0.2, 0.25) is 0 Å². The number of nitrogens with one attached hydrogen (secondary N) is 1. The Hall–Kier alpha value is -3.74. The second kappa shape index (κ2) is 5.96. The third-order valence-corrected chi connectivity index (χ3v) is 4.21. The molecule has 4 rings (SSSR count). The van der Waals surface area contributed by atoms with Gasteiger partial charge in [-0.2, -0.15) is 0 Å². The molecule has 0 aliphatic carbocycles. The fourth-order valence-electron chi connectivity index (χ4n) is 3.03. The van der Waals surface area contributed by atoms with E-state index in [-0.39, 0.29) is 11.2 Å². The van der Waals surface area contributed by atoms with Crippen LogP contribution in [-0.2, 0) is 0 Å². The van der Waals surface area contributed by atoms with Gasteiger partial charge >= 0.3 is 0 Å². The summed E-state index contributed by atoms with van der Waals surface area (Å²) in [5.41, 5.74) is 3.67. The minimum absolute atomic E-state index is 0.0435. The van der Waals surface area contributed by atoms with Crippen molar-refractivity contribution in [1.82, 2.24) is 14.6 Å². The van der Waals surface area contributed by atoms with Crippen LogP contribution in [0.15, 0.2) is 65.5 Å². The monoisotopic (exact) mass is 346 g/mol. The molecule has 4 aromatic rings. The van der Waals surface area contributed by atoms with Gasteiger partial charge < -0.3 is 0 Å². The molecule has 0 radical (unpaired) electrons. The summed E-state index contributed by atoms with van der Waals surface area (Å²) in [4.78, 5) is 27.7. The number of rotatable bonds is 3. The third-order valence-electron chi connectivity index (χ3n) is 4.21. The van der Waals surface area contributed by atoms with E-state index in [1.165, 1.54) is 22.7 Å². The van der Waals surface area contributed by atoms with Gasteiger partial charge in [-0.15, -0.1) is 0 Å². The van der Waals surface area contributed by atoms with Crippen molar-refractivity contribution in [1.29, 1.82) is 0 Å². The van der Waals surface area contributed by atoms with Gasteiger partial charge in [0.05, 0.1) is 10.6 Å². The molecular formula is C19H14N4O3. The average Bonchev–Trinajstić information content (AvgIpc) is 2.99. The summed E-state index contributed by atoms with van der Waals surface area (Å²) < 4.78 is 1.39. The topological polar surface area (TPSA) is 93.3 Å². The van der Waals surface area contributed by atoms with Crippen LogP contribution in [0.5, 0.6) is 0 Å². The van der Waals surface area contributed by atoms with Gasteiger partial charge in [0, 0.05) is 35.0 Å². The van der Waals surface area contributed by atoms with E-state index in [0.29, 0.717) is 16.9 Å². The molecule has 2 aromatic heterocycles. The summed E-state index contributed by atoms with van der Waals surface area (Å²) >= 11 is 0. The summed E-state index contributed by atoms with van der Waals surface area (Å²) in [7, 11) is 0. The Morgan fingerprint density at radius 1 is 1.04 bits per heavy atom. The van der Waals surface area contributed by atoms with Crippen LogP contribution >= 0.6 is 0 Å². The summed E-state index contributed by atoms with van der Waals surface area (Å²) in [5, 5.41) is 14.1. The SMILES string of the molecule is Cc1[nH]n2c(=O)cc(-c3cccc([N+](=O)[O-])c3)nc2c1-c1ccccc1. The molecule has 0 aliphatic heterocycles. The van der Waals surface area contributed by atoms with E-state index >= 15 is 0 Å². The zero-order valence-corrected chi connectivity index (χ0v) is 13.8. The molecule has 1 N–H and O–H groups in total. The number of H-pyrrole nitrogens is 1. The predicted molar refractivity (Wildman–Crippen MR) is 98.1 cm³/mol. The number of benzene rings is 2. The van der Waals surface area contributed by atoms with Gasteiger partial charge in [-0.1, -0.05) is 42.5 Å². The number of hydrogen-bond acceptors (Lipinski definition) is 4. The lowest BCUT2D eigenvalue weighted by Crippen LogP contribution is -2.14. The summed E-state index contributed by atoms with van der Waals surface area (Å²) in [6, 6.07) is 17.1. The van der Waals surface area contributed by atoms with Crippen LogP contribution in [0.25, 0.3) is 28.0 Å². The molecule has 7 heteroatoms. The van der Waals surface area contributed by atoms with Crippen molar-refractivity contribution in [3.8, 4) is 22.4 Å². The van der Waals surface area contributed by atoms with E-state index < -0.39 is 4.92 Å². The lowest BCUT2D eigenvalue weighted by Gasteiger charge is -2.04. The minimum Gasteiger partial charge on any atom is -0.293 e. The van der Waals surface area contributed by atoms with E-state index in [9.17, 15) is 14.9 Å². The largest absolute Gasteiger partial charge is 0.293 e. The van der Waals surface area contributed by atoms with Gasteiger partial charge in [-0.05, 0) is 12.5 Å². The van der Waals surface area contributed by atoms with Crippen molar-refractivity contribution in [2.24, 2.45) is 0 Å². The third kappa shape index (κ3) is 2.55. The minimum atomic E-state index is -0.468. The Kier molecular flexibility index (Phi) is 3.62. The zero-order chi connectivity index (χ0) is 18.3. The number of aromatic nitrogens is 3. The predicted octanol–water partition coefficient (Wildman–Crippen LogP) is 3.57. The van der Waals surface area contributed by atoms with Gasteiger partial charge in [-0.3, -0.25) is 20.0 Å². The van der Waals surface area contributed by atoms with E-state index in [2.05, 4.69) is 10.1 Å². The quantitative estimate of drug-likeness (QED) is 0.453. The standard InChI is InChI=1S/C19H14N4O3/c1-12-18(13-6-3-2-4-7-13)19-20-16(11-17(24)22(19)21-12)14-8-5-9-15(10-14)23(25)26/h2-11,21H,1H3. The molecule has 128 valence electrons. The Labute approximate surface area is 147 Å². The second-order valence-corrected chi connectivity index (χ2v) is 5.92. The Morgan fingerprint density at radius 3 is 2.50 bits per heavy atom. The van der Waals surface area contributed by atoms with Crippen LogP contribution in [0, 0.1) is 17.0 Å². The molecule has 0 spiro atoms. The van der Waals surface area contributed by atoms with Crippen molar-refractivity contribution < 1.29 is 4.92 Å². The molecule has 2 aromatic carbocycles. The average molecular weight is 346 g/mol. The van der Waals surface area contributed by atoms with Gasteiger partial charge in [0.1, 0.15) is 0 Å². The molecular weight excluding hydrogens is 332 g/mol. The fraction of sp³-hybridized carbons (Fsp3) is 0.0526. The number of aryl methyl sites for hydroxylation is 1. The first kappa shape index (κ1) is 15.8. The number of fused-ring (bicyclic) bond motifs is 1. The molecule has 0 amide bonds. The maximum atomic E-state index is 12.5. The second-order valence-electron chi connectivity index (χ2n) is 5.92. The maximum absolute atomic E-state index is 12.5. The molecule has 0 aliphatic rings. The first-order valence-corrected chi connectivity index (χ1v) is 7.97. The van der Waals surface area contributed by atoms with Crippen molar-refractivity contribution in [3.63, 3.8) is 0 Å². The number of nitrogens with zero attached hydrogens (tertiary/aromatic N) is 3. The first-order chi connectivity index (χ1) is 12.5.